The van der Waals surface area contributed by atoms with Crippen LogP contribution in [0.3, 0.4) is 0 Å². The molecule has 0 aliphatic rings. The second kappa shape index (κ2) is 9.65. The number of rotatable bonds is 9. The highest BCUT2D eigenvalue weighted by molar-refractivity contribution is 5.95. The van der Waals surface area contributed by atoms with Gasteiger partial charge in [0.2, 0.25) is 0 Å². The van der Waals surface area contributed by atoms with E-state index in [1.807, 2.05) is 11.8 Å². The van der Waals surface area contributed by atoms with Crippen LogP contribution in [-0.2, 0) is 0 Å². The first kappa shape index (κ1) is 21.1. The van der Waals surface area contributed by atoms with Crippen LogP contribution in [0.1, 0.15) is 43.7 Å². The molecule has 0 aliphatic carbocycles. The van der Waals surface area contributed by atoms with Crippen molar-refractivity contribution in [1.29, 1.82) is 0 Å². The molecular weight excluding hydrogens is 343 g/mol. The molecule has 0 aliphatic heterocycles. The van der Waals surface area contributed by atoms with Crippen LogP contribution in [0, 0.1) is 18.7 Å². The van der Waals surface area contributed by atoms with Crippen LogP contribution < -0.4 is 0 Å². The molecule has 27 heavy (non-hydrogen) atoms. The zero-order valence-corrected chi connectivity index (χ0v) is 17.1. The number of benzene rings is 1. The second-order valence-corrected chi connectivity index (χ2v) is 7.20. The zero-order valence-electron chi connectivity index (χ0n) is 17.1. The van der Waals surface area contributed by atoms with Crippen molar-refractivity contribution in [2.45, 2.75) is 34.6 Å². The molecule has 1 amide bonds. The van der Waals surface area contributed by atoms with Gasteiger partial charge in [-0.3, -0.25) is 4.79 Å². The Morgan fingerprint density at radius 2 is 1.78 bits per heavy atom. The molecular formula is C21H31FN4O. The molecule has 0 unspecified atom stereocenters. The summed E-state index contributed by atoms with van der Waals surface area (Å²) in [6.45, 7) is 14.6. The van der Waals surface area contributed by atoms with E-state index < -0.39 is 0 Å². The van der Waals surface area contributed by atoms with E-state index in [1.54, 1.807) is 23.0 Å². The van der Waals surface area contributed by atoms with Crippen molar-refractivity contribution >= 4 is 5.91 Å². The fourth-order valence-electron chi connectivity index (χ4n) is 3.15. The van der Waals surface area contributed by atoms with Gasteiger partial charge < -0.3 is 9.80 Å². The van der Waals surface area contributed by atoms with E-state index in [0.717, 1.165) is 31.0 Å². The normalized spacial score (nSPS) is 11.4. The largest absolute Gasteiger partial charge is 0.337 e. The SMILES string of the molecule is CCN(CC)CCN(CC(C)C)C(=O)c1cnn(-c2ccc(F)cc2)c1C. The fraction of sp³-hybridized carbons (Fsp3) is 0.524. The molecule has 0 radical (unpaired) electrons. The molecule has 1 aromatic carbocycles. The third-order valence-electron chi connectivity index (χ3n) is 4.76. The van der Waals surface area contributed by atoms with Gasteiger partial charge in [-0.05, 0) is 50.2 Å². The number of amides is 1. The number of carbonyl (C=O) groups is 1. The smallest absolute Gasteiger partial charge is 0.257 e. The minimum absolute atomic E-state index is 0.00159. The Balaban J connectivity index is 2.22. The standard InChI is InChI=1S/C21H31FN4O/c1-6-24(7-2)12-13-25(15-16(3)4)21(27)20-14-23-26(17(20)5)19-10-8-18(22)9-11-19/h8-11,14,16H,6-7,12-13,15H2,1-5H3. The average Bonchev–Trinajstić information content (AvgIpc) is 3.02. The van der Waals surface area contributed by atoms with E-state index in [9.17, 15) is 9.18 Å². The van der Waals surface area contributed by atoms with Gasteiger partial charge in [0.25, 0.3) is 5.91 Å². The van der Waals surface area contributed by atoms with Crippen LogP contribution in [0.2, 0.25) is 0 Å². The van der Waals surface area contributed by atoms with E-state index in [-0.39, 0.29) is 11.7 Å². The number of hydrogen-bond acceptors (Lipinski definition) is 3. The summed E-state index contributed by atoms with van der Waals surface area (Å²) in [5.41, 5.74) is 2.11. The van der Waals surface area contributed by atoms with Gasteiger partial charge >= 0.3 is 0 Å². The van der Waals surface area contributed by atoms with Gasteiger partial charge in [-0.1, -0.05) is 27.7 Å². The van der Waals surface area contributed by atoms with Crippen molar-refractivity contribution in [3.63, 3.8) is 0 Å². The lowest BCUT2D eigenvalue weighted by molar-refractivity contribution is 0.0715. The molecule has 5 nitrogen and oxygen atoms in total. The third kappa shape index (κ3) is 5.39. The van der Waals surface area contributed by atoms with Crippen LogP contribution in [0.4, 0.5) is 4.39 Å². The van der Waals surface area contributed by atoms with Crippen molar-refractivity contribution in [2.24, 2.45) is 5.92 Å². The van der Waals surface area contributed by atoms with Crippen LogP contribution in [0.15, 0.2) is 30.5 Å². The number of nitrogens with zero attached hydrogens (tertiary/aromatic N) is 4. The molecule has 1 aromatic heterocycles. The lowest BCUT2D eigenvalue weighted by atomic mass is 10.1. The summed E-state index contributed by atoms with van der Waals surface area (Å²) in [7, 11) is 0. The van der Waals surface area contributed by atoms with E-state index in [4.69, 9.17) is 0 Å². The lowest BCUT2D eigenvalue weighted by Crippen LogP contribution is -2.40. The maximum absolute atomic E-state index is 13.2. The first-order valence-electron chi connectivity index (χ1n) is 9.69. The molecule has 0 atom stereocenters. The number of halogens is 1. The maximum Gasteiger partial charge on any atom is 0.257 e. The number of likely N-dealkylation sites (N-methyl/N-ethyl adjacent to an activating group) is 1. The minimum atomic E-state index is -0.292. The average molecular weight is 375 g/mol. The summed E-state index contributed by atoms with van der Waals surface area (Å²) in [5, 5.41) is 4.36. The summed E-state index contributed by atoms with van der Waals surface area (Å²) in [6, 6.07) is 6.12. The van der Waals surface area contributed by atoms with E-state index >= 15 is 0 Å². The quantitative estimate of drug-likeness (QED) is 0.671. The highest BCUT2D eigenvalue weighted by atomic mass is 19.1. The molecule has 6 heteroatoms. The summed E-state index contributed by atoms with van der Waals surface area (Å²) in [5.74, 6) is 0.0965. The second-order valence-electron chi connectivity index (χ2n) is 7.20. The van der Waals surface area contributed by atoms with Crippen LogP contribution >= 0.6 is 0 Å². The van der Waals surface area contributed by atoms with Crippen molar-refractivity contribution in [3.8, 4) is 5.69 Å². The van der Waals surface area contributed by atoms with Gasteiger partial charge in [-0.2, -0.15) is 5.10 Å². The Morgan fingerprint density at radius 1 is 1.15 bits per heavy atom. The Labute approximate surface area is 161 Å². The van der Waals surface area contributed by atoms with E-state index in [2.05, 4.69) is 37.7 Å². The van der Waals surface area contributed by atoms with Gasteiger partial charge in [-0.25, -0.2) is 9.07 Å². The lowest BCUT2D eigenvalue weighted by Gasteiger charge is -2.28. The van der Waals surface area contributed by atoms with Gasteiger partial charge in [0.05, 0.1) is 23.1 Å². The molecule has 0 spiro atoms. The minimum Gasteiger partial charge on any atom is -0.337 e. The first-order chi connectivity index (χ1) is 12.9. The predicted octanol–water partition coefficient (Wildman–Crippen LogP) is 3.76. The summed E-state index contributed by atoms with van der Waals surface area (Å²) in [6.07, 6.45) is 1.62. The van der Waals surface area contributed by atoms with E-state index in [0.29, 0.717) is 24.6 Å². The van der Waals surface area contributed by atoms with Crippen molar-refractivity contribution in [2.75, 3.05) is 32.7 Å². The van der Waals surface area contributed by atoms with Crippen LogP contribution in [-0.4, -0.2) is 58.2 Å². The zero-order chi connectivity index (χ0) is 20.0. The van der Waals surface area contributed by atoms with Gasteiger partial charge in [0, 0.05) is 19.6 Å². The third-order valence-corrected chi connectivity index (χ3v) is 4.76. The number of aromatic nitrogens is 2. The Morgan fingerprint density at radius 3 is 2.33 bits per heavy atom. The highest BCUT2D eigenvalue weighted by Crippen LogP contribution is 2.17. The molecule has 0 saturated carbocycles. The number of hydrogen-bond donors (Lipinski definition) is 0. The molecule has 0 bridgehead atoms. The molecule has 148 valence electrons. The fourth-order valence-corrected chi connectivity index (χ4v) is 3.15. The van der Waals surface area contributed by atoms with E-state index in [1.165, 1.54) is 12.1 Å². The highest BCUT2D eigenvalue weighted by Gasteiger charge is 2.22. The summed E-state index contributed by atoms with van der Waals surface area (Å²) >= 11 is 0. The van der Waals surface area contributed by atoms with Crippen molar-refractivity contribution in [3.05, 3.63) is 47.5 Å². The Kier molecular flexibility index (Phi) is 7.54. The number of carbonyl (C=O) groups excluding carboxylic acids is 1. The van der Waals surface area contributed by atoms with Gasteiger partial charge in [0.15, 0.2) is 0 Å². The molecule has 1 heterocycles. The predicted molar refractivity (Wildman–Crippen MR) is 107 cm³/mol. The Bertz CT molecular complexity index is 735. The van der Waals surface area contributed by atoms with Crippen LogP contribution in [0.5, 0.6) is 0 Å². The van der Waals surface area contributed by atoms with Gasteiger partial charge in [-0.15, -0.1) is 0 Å². The monoisotopic (exact) mass is 374 g/mol. The van der Waals surface area contributed by atoms with Gasteiger partial charge in [0.1, 0.15) is 5.82 Å². The topological polar surface area (TPSA) is 41.4 Å². The maximum atomic E-state index is 13.2. The first-order valence-corrected chi connectivity index (χ1v) is 9.69. The molecule has 2 aromatic rings. The summed E-state index contributed by atoms with van der Waals surface area (Å²) in [4.78, 5) is 17.4. The molecule has 0 fully saturated rings. The molecule has 2 rings (SSSR count). The summed E-state index contributed by atoms with van der Waals surface area (Å²) < 4.78 is 14.9. The van der Waals surface area contributed by atoms with Crippen LogP contribution in [0.25, 0.3) is 5.69 Å². The molecule has 0 N–H and O–H groups in total. The Hall–Kier alpha value is -2.21. The van der Waals surface area contributed by atoms with Crippen molar-refractivity contribution < 1.29 is 9.18 Å². The van der Waals surface area contributed by atoms with Crippen molar-refractivity contribution in [1.82, 2.24) is 19.6 Å². The molecule has 0 saturated heterocycles.